The lowest BCUT2D eigenvalue weighted by Gasteiger charge is -2.15. The quantitative estimate of drug-likeness (QED) is 0.226. The molecule has 0 unspecified atom stereocenters. The summed E-state index contributed by atoms with van der Waals surface area (Å²) in [4.78, 5) is 0. The Kier molecular flexibility index (Phi) is 3.37. The van der Waals surface area contributed by atoms with Crippen LogP contribution in [-0.4, -0.2) is 0 Å². The zero-order chi connectivity index (χ0) is 21.5. The first-order valence-corrected chi connectivity index (χ1v) is 12.2. The molecule has 0 atom stereocenters. The third kappa shape index (κ3) is 2.30. The molecule has 0 nitrogen and oxygen atoms in total. The summed E-state index contributed by atoms with van der Waals surface area (Å²) in [6.07, 6.45) is 0. The zero-order valence-corrected chi connectivity index (χ0v) is 18.6. The summed E-state index contributed by atoms with van der Waals surface area (Å²) in [5.74, 6) is 0. The van der Waals surface area contributed by atoms with E-state index < -0.39 is 0 Å². The van der Waals surface area contributed by atoms with Gasteiger partial charge in [0, 0.05) is 25.7 Å². The lowest BCUT2D eigenvalue weighted by atomic mass is 9.88. The third-order valence-electron chi connectivity index (χ3n) is 7.19. The fourth-order valence-corrected chi connectivity index (χ4v) is 6.99. The lowest BCUT2D eigenvalue weighted by molar-refractivity contribution is 1.75. The molecule has 0 N–H and O–H groups in total. The normalized spacial score (nSPS) is 12.2. The Bertz CT molecular complexity index is 2010. The second-order valence-electron chi connectivity index (χ2n) is 8.92. The second-order valence-corrected chi connectivity index (χ2v) is 9.97. The van der Waals surface area contributed by atoms with Gasteiger partial charge in [0.15, 0.2) is 0 Å². The number of thiophene rings is 1. The van der Waals surface area contributed by atoms with Crippen LogP contribution in [0.25, 0.3) is 74.4 Å². The molecular weight excluding hydrogens is 416 g/mol. The molecule has 0 bridgehead atoms. The summed E-state index contributed by atoms with van der Waals surface area (Å²) in [7, 11) is 0. The van der Waals surface area contributed by atoms with Crippen LogP contribution in [0.2, 0.25) is 0 Å². The Morgan fingerprint density at radius 1 is 0.394 bits per heavy atom. The second kappa shape index (κ2) is 6.31. The molecule has 0 saturated carbocycles. The van der Waals surface area contributed by atoms with Crippen molar-refractivity contribution in [3.05, 3.63) is 109 Å². The van der Waals surface area contributed by atoms with Crippen molar-refractivity contribution in [2.45, 2.75) is 0 Å². The van der Waals surface area contributed by atoms with Crippen molar-refractivity contribution in [1.29, 1.82) is 0 Å². The monoisotopic (exact) mass is 434 g/mol. The Morgan fingerprint density at radius 2 is 1.06 bits per heavy atom. The van der Waals surface area contributed by atoms with Gasteiger partial charge in [0.05, 0.1) is 0 Å². The van der Waals surface area contributed by atoms with Crippen LogP contribution in [0, 0.1) is 0 Å². The minimum absolute atomic E-state index is 1.30. The summed E-state index contributed by atoms with van der Waals surface area (Å²) < 4.78 is 2.73. The zero-order valence-electron chi connectivity index (χ0n) is 17.8. The number of hydrogen-bond donors (Lipinski definition) is 0. The summed E-state index contributed by atoms with van der Waals surface area (Å²) in [5, 5.41) is 13.4. The molecule has 1 aromatic heterocycles. The molecule has 0 aliphatic heterocycles. The van der Waals surface area contributed by atoms with Crippen molar-refractivity contribution < 1.29 is 0 Å². The van der Waals surface area contributed by atoms with Crippen LogP contribution >= 0.6 is 11.3 Å². The first kappa shape index (κ1) is 17.6. The van der Waals surface area contributed by atoms with E-state index >= 15 is 0 Å². The molecule has 33 heavy (non-hydrogen) atoms. The Labute approximate surface area is 194 Å². The van der Waals surface area contributed by atoms with Crippen LogP contribution in [0.5, 0.6) is 0 Å². The van der Waals surface area contributed by atoms with Gasteiger partial charge in [-0.25, -0.2) is 0 Å². The maximum absolute atomic E-state index is 2.40. The Morgan fingerprint density at radius 3 is 1.94 bits per heavy atom. The summed E-state index contributed by atoms with van der Waals surface area (Å²) in [6, 6.07) is 40.4. The number of fused-ring (bicyclic) bond motifs is 5. The van der Waals surface area contributed by atoms with E-state index in [-0.39, 0.29) is 0 Å². The van der Waals surface area contributed by atoms with Crippen molar-refractivity contribution in [3.8, 4) is 11.1 Å². The largest absolute Gasteiger partial charge is 0.135 e. The van der Waals surface area contributed by atoms with E-state index in [1.165, 1.54) is 74.4 Å². The molecular formula is C32H18S. The number of hydrogen-bond acceptors (Lipinski definition) is 1. The average molecular weight is 435 g/mol. The van der Waals surface area contributed by atoms with Crippen molar-refractivity contribution in [2.24, 2.45) is 0 Å². The molecule has 0 saturated heterocycles. The Hall–Kier alpha value is -3.94. The minimum Gasteiger partial charge on any atom is -0.135 e. The molecule has 0 aliphatic rings. The maximum atomic E-state index is 2.40. The van der Waals surface area contributed by atoms with Crippen LogP contribution < -0.4 is 0 Å². The topological polar surface area (TPSA) is 0 Å². The van der Waals surface area contributed by atoms with Crippen LogP contribution in [-0.2, 0) is 0 Å². The first-order chi connectivity index (χ1) is 16.4. The van der Waals surface area contributed by atoms with Crippen LogP contribution in [0.1, 0.15) is 0 Å². The Balaban J connectivity index is 1.60. The number of rotatable bonds is 1. The minimum atomic E-state index is 1.30. The number of benzene rings is 7. The van der Waals surface area contributed by atoms with Crippen molar-refractivity contribution in [3.63, 3.8) is 0 Å². The van der Waals surface area contributed by atoms with Crippen LogP contribution in [0.3, 0.4) is 0 Å². The van der Waals surface area contributed by atoms with Gasteiger partial charge < -0.3 is 0 Å². The predicted octanol–water partition coefficient (Wildman–Crippen LogP) is 9.77. The summed E-state index contributed by atoms with van der Waals surface area (Å²) in [5.41, 5.74) is 2.66. The van der Waals surface area contributed by atoms with E-state index in [0.717, 1.165) is 0 Å². The van der Waals surface area contributed by atoms with Gasteiger partial charge in [0.25, 0.3) is 0 Å². The van der Waals surface area contributed by atoms with E-state index in [1.807, 2.05) is 11.3 Å². The van der Waals surface area contributed by atoms with Gasteiger partial charge in [0.2, 0.25) is 0 Å². The van der Waals surface area contributed by atoms with E-state index in [1.54, 1.807) is 0 Å². The molecule has 1 heterocycles. The lowest BCUT2D eigenvalue weighted by Crippen LogP contribution is -1.88. The fraction of sp³-hybridized carbons (Fsp3) is 0. The van der Waals surface area contributed by atoms with Gasteiger partial charge in [-0.1, -0.05) is 97.1 Å². The highest BCUT2D eigenvalue weighted by Crippen LogP contribution is 2.47. The van der Waals surface area contributed by atoms with Crippen LogP contribution in [0.4, 0.5) is 0 Å². The summed E-state index contributed by atoms with van der Waals surface area (Å²) in [6.45, 7) is 0. The molecule has 1 heteroatoms. The van der Waals surface area contributed by atoms with Crippen molar-refractivity contribution in [1.82, 2.24) is 0 Å². The van der Waals surface area contributed by atoms with Crippen LogP contribution in [0.15, 0.2) is 109 Å². The SMILES string of the molecule is c1ccc2c(c1)cc(-c1ccc3ccc4cccc5ccc1c3c45)c1sc3ccccc3c12. The molecule has 152 valence electrons. The highest BCUT2D eigenvalue weighted by molar-refractivity contribution is 7.26. The van der Waals surface area contributed by atoms with Gasteiger partial charge in [-0.3, -0.25) is 0 Å². The van der Waals surface area contributed by atoms with Gasteiger partial charge in [-0.15, -0.1) is 11.3 Å². The maximum Gasteiger partial charge on any atom is 0.0440 e. The smallest absolute Gasteiger partial charge is 0.0440 e. The molecule has 0 fully saturated rings. The van der Waals surface area contributed by atoms with Crippen molar-refractivity contribution in [2.75, 3.05) is 0 Å². The summed E-state index contributed by atoms with van der Waals surface area (Å²) >= 11 is 1.92. The molecule has 8 aromatic rings. The average Bonchev–Trinajstić information content (AvgIpc) is 3.27. The predicted molar refractivity (Wildman–Crippen MR) is 146 cm³/mol. The molecule has 0 aliphatic carbocycles. The van der Waals surface area contributed by atoms with Gasteiger partial charge in [-0.2, -0.15) is 0 Å². The van der Waals surface area contributed by atoms with E-state index in [2.05, 4.69) is 109 Å². The van der Waals surface area contributed by atoms with Gasteiger partial charge in [0.1, 0.15) is 0 Å². The van der Waals surface area contributed by atoms with Gasteiger partial charge in [-0.05, 0) is 60.8 Å². The van der Waals surface area contributed by atoms with Gasteiger partial charge >= 0.3 is 0 Å². The molecule has 8 rings (SSSR count). The molecule has 0 radical (unpaired) electrons. The molecule has 7 aromatic carbocycles. The third-order valence-corrected chi connectivity index (χ3v) is 8.39. The van der Waals surface area contributed by atoms with Crippen molar-refractivity contribution >= 4 is 74.6 Å². The first-order valence-electron chi connectivity index (χ1n) is 11.4. The van der Waals surface area contributed by atoms with E-state index in [0.29, 0.717) is 0 Å². The van der Waals surface area contributed by atoms with E-state index in [4.69, 9.17) is 0 Å². The highest BCUT2D eigenvalue weighted by Gasteiger charge is 2.17. The highest BCUT2D eigenvalue weighted by atomic mass is 32.1. The fourth-order valence-electron chi connectivity index (χ4n) is 5.74. The molecule has 0 spiro atoms. The standard InChI is InChI=1S/C32H18S/c1-2-9-23-22(6-1)18-27(32-31(23)26-10-3-4-11-28(26)33-32)24-16-14-21-13-12-19-7-5-8-20-15-17-25(24)30(21)29(19)20/h1-18H. The van der Waals surface area contributed by atoms with E-state index in [9.17, 15) is 0 Å². The molecule has 0 amide bonds.